The van der Waals surface area contributed by atoms with Crippen LogP contribution in [-0.2, 0) is 6.54 Å². The standard InChI is InChI=1S/C13H21N3OS2/c1-2-18-11-6-4-3-5-9(11)16-13(17)10-8-19-12(7-14)15-10/h8-9,11H,2-7,14H2,1H3,(H,16,17). The average Bonchev–Trinajstić information content (AvgIpc) is 2.90. The van der Waals surface area contributed by atoms with Gasteiger partial charge in [0.25, 0.3) is 5.91 Å². The Bertz CT molecular complexity index is 420. The number of nitrogens with two attached hydrogens (primary N) is 1. The number of amides is 1. The Kier molecular flexibility index (Phi) is 5.66. The van der Waals surface area contributed by atoms with Crippen LogP contribution in [0.3, 0.4) is 0 Å². The zero-order valence-electron chi connectivity index (χ0n) is 11.2. The molecule has 0 bridgehead atoms. The Labute approximate surface area is 122 Å². The van der Waals surface area contributed by atoms with E-state index in [1.54, 1.807) is 5.38 Å². The Hall–Kier alpha value is -0.590. The number of rotatable bonds is 5. The molecule has 4 nitrogen and oxygen atoms in total. The second-order valence-corrected chi connectivity index (χ2v) is 7.15. The number of hydrogen-bond acceptors (Lipinski definition) is 5. The van der Waals surface area contributed by atoms with Gasteiger partial charge in [-0.1, -0.05) is 19.8 Å². The van der Waals surface area contributed by atoms with Gasteiger partial charge in [-0.3, -0.25) is 4.79 Å². The molecule has 1 aliphatic carbocycles. The van der Waals surface area contributed by atoms with Gasteiger partial charge in [0.2, 0.25) is 0 Å². The van der Waals surface area contributed by atoms with Crippen LogP contribution in [0.5, 0.6) is 0 Å². The molecule has 0 saturated heterocycles. The molecule has 6 heteroatoms. The number of carbonyl (C=O) groups excluding carboxylic acids is 1. The summed E-state index contributed by atoms with van der Waals surface area (Å²) in [7, 11) is 0. The first-order valence-electron chi connectivity index (χ1n) is 6.81. The molecular weight excluding hydrogens is 278 g/mol. The maximum Gasteiger partial charge on any atom is 0.271 e. The van der Waals surface area contributed by atoms with Crippen molar-refractivity contribution in [2.24, 2.45) is 5.73 Å². The van der Waals surface area contributed by atoms with E-state index < -0.39 is 0 Å². The number of thiazole rings is 1. The first kappa shape index (κ1) is 14.8. The number of hydrogen-bond donors (Lipinski definition) is 2. The predicted molar refractivity (Wildman–Crippen MR) is 81.6 cm³/mol. The lowest BCUT2D eigenvalue weighted by Gasteiger charge is -2.31. The quantitative estimate of drug-likeness (QED) is 0.876. The van der Waals surface area contributed by atoms with Crippen molar-refractivity contribution in [1.29, 1.82) is 0 Å². The predicted octanol–water partition coefficient (Wildman–Crippen LogP) is 2.40. The summed E-state index contributed by atoms with van der Waals surface area (Å²) in [6.07, 6.45) is 4.76. The van der Waals surface area contributed by atoms with Crippen LogP contribution in [0.25, 0.3) is 0 Å². The molecule has 1 heterocycles. The molecule has 1 aliphatic rings. The third-order valence-corrected chi connectivity index (χ3v) is 5.56. The van der Waals surface area contributed by atoms with Gasteiger partial charge in [0.15, 0.2) is 0 Å². The molecule has 0 aromatic carbocycles. The fourth-order valence-electron chi connectivity index (χ4n) is 2.43. The summed E-state index contributed by atoms with van der Waals surface area (Å²) in [6.45, 7) is 2.57. The van der Waals surface area contributed by atoms with Gasteiger partial charge in [-0.15, -0.1) is 11.3 Å². The molecule has 1 aromatic rings. The minimum atomic E-state index is -0.0513. The number of aromatic nitrogens is 1. The first-order valence-corrected chi connectivity index (χ1v) is 8.74. The lowest BCUT2D eigenvalue weighted by atomic mass is 9.95. The smallest absolute Gasteiger partial charge is 0.271 e. The van der Waals surface area contributed by atoms with E-state index >= 15 is 0 Å². The monoisotopic (exact) mass is 299 g/mol. The molecule has 1 saturated carbocycles. The summed E-state index contributed by atoms with van der Waals surface area (Å²) in [6, 6.07) is 0.286. The number of carbonyl (C=O) groups is 1. The zero-order valence-corrected chi connectivity index (χ0v) is 12.9. The molecule has 1 fully saturated rings. The minimum absolute atomic E-state index is 0.0513. The van der Waals surface area contributed by atoms with Crippen LogP contribution in [0.15, 0.2) is 5.38 Å². The van der Waals surface area contributed by atoms with E-state index in [-0.39, 0.29) is 11.9 Å². The van der Waals surface area contributed by atoms with E-state index in [1.165, 1.54) is 30.6 Å². The zero-order chi connectivity index (χ0) is 13.7. The van der Waals surface area contributed by atoms with E-state index in [0.29, 0.717) is 17.5 Å². The molecule has 3 N–H and O–H groups in total. The van der Waals surface area contributed by atoms with Crippen molar-refractivity contribution in [3.05, 3.63) is 16.1 Å². The van der Waals surface area contributed by atoms with E-state index in [9.17, 15) is 4.79 Å². The van der Waals surface area contributed by atoms with Crippen LogP contribution in [0.2, 0.25) is 0 Å². The normalized spacial score (nSPS) is 23.3. The van der Waals surface area contributed by atoms with Crippen LogP contribution >= 0.6 is 23.1 Å². The second kappa shape index (κ2) is 7.26. The van der Waals surface area contributed by atoms with E-state index in [4.69, 9.17) is 5.73 Å². The van der Waals surface area contributed by atoms with Gasteiger partial charge in [-0.25, -0.2) is 4.98 Å². The maximum absolute atomic E-state index is 12.2. The number of nitrogens with zero attached hydrogens (tertiary/aromatic N) is 1. The van der Waals surface area contributed by atoms with Gasteiger partial charge in [-0.05, 0) is 18.6 Å². The van der Waals surface area contributed by atoms with Gasteiger partial charge in [0.1, 0.15) is 10.7 Å². The molecule has 2 unspecified atom stereocenters. The lowest BCUT2D eigenvalue weighted by Crippen LogP contribution is -2.44. The van der Waals surface area contributed by atoms with Crippen LogP contribution in [0.4, 0.5) is 0 Å². The highest BCUT2D eigenvalue weighted by atomic mass is 32.2. The third-order valence-electron chi connectivity index (χ3n) is 3.36. The van der Waals surface area contributed by atoms with Gasteiger partial charge in [0.05, 0.1) is 0 Å². The minimum Gasteiger partial charge on any atom is -0.347 e. The van der Waals surface area contributed by atoms with Crippen LogP contribution in [-0.4, -0.2) is 27.9 Å². The number of thioether (sulfide) groups is 1. The van der Waals surface area contributed by atoms with Gasteiger partial charge < -0.3 is 11.1 Å². The van der Waals surface area contributed by atoms with Crippen molar-refractivity contribution in [3.63, 3.8) is 0 Å². The maximum atomic E-state index is 12.2. The molecule has 19 heavy (non-hydrogen) atoms. The van der Waals surface area contributed by atoms with Crippen molar-refractivity contribution in [2.75, 3.05) is 5.75 Å². The van der Waals surface area contributed by atoms with Crippen LogP contribution in [0.1, 0.15) is 48.1 Å². The van der Waals surface area contributed by atoms with Crippen LogP contribution in [0, 0.1) is 0 Å². The highest BCUT2D eigenvalue weighted by Crippen LogP contribution is 2.28. The highest BCUT2D eigenvalue weighted by molar-refractivity contribution is 7.99. The van der Waals surface area contributed by atoms with E-state index in [1.807, 2.05) is 11.8 Å². The molecule has 106 valence electrons. The Morgan fingerprint density at radius 2 is 2.37 bits per heavy atom. The molecule has 0 spiro atoms. The van der Waals surface area contributed by atoms with E-state index in [2.05, 4.69) is 17.2 Å². The molecule has 2 atom stereocenters. The summed E-state index contributed by atoms with van der Waals surface area (Å²) in [5.74, 6) is 1.05. The SMILES string of the molecule is CCSC1CCCCC1NC(=O)c1csc(CN)n1. The van der Waals surface area contributed by atoms with Crippen molar-refractivity contribution < 1.29 is 4.79 Å². The molecule has 2 rings (SSSR count). The summed E-state index contributed by atoms with van der Waals surface area (Å²) in [5.41, 5.74) is 6.03. The fraction of sp³-hybridized carbons (Fsp3) is 0.692. The largest absolute Gasteiger partial charge is 0.347 e. The average molecular weight is 299 g/mol. The molecule has 1 aromatic heterocycles. The Morgan fingerprint density at radius 1 is 1.58 bits per heavy atom. The topological polar surface area (TPSA) is 68.0 Å². The number of nitrogens with one attached hydrogen (secondary N) is 1. The third kappa shape index (κ3) is 3.94. The highest BCUT2D eigenvalue weighted by Gasteiger charge is 2.27. The van der Waals surface area contributed by atoms with Gasteiger partial charge in [0, 0.05) is 23.2 Å². The Morgan fingerprint density at radius 3 is 3.05 bits per heavy atom. The van der Waals surface area contributed by atoms with Gasteiger partial charge in [-0.2, -0.15) is 11.8 Å². The summed E-state index contributed by atoms with van der Waals surface area (Å²) in [4.78, 5) is 16.4. The Balaban J connectivity index is 1.96. The molecule has 0 radical (unpaired) electrons. The first-order chi connectivity index (χ1) is 9.24. The van der Waals surface area contributed by atoms with Crippen molar-refractivity contribution in [3.8, 4) is 0 Å². The van der Waals surface area contributed by atoms with Crippen molar-refractivity contribution >= 4 is 29.0 Å². The molecular formula is C13H21N3OS2. The summed E-state index contributed by atoms with van der Waals surface area (Å²) in [5, 5.41) is 6.31. The van der Waals surface area contributed by atoms with Crippen molar-refractivity contribution in [2.45, 2.75) is 50.4 Å². The summed E-state index contributed by atoms with van der Waals surface area (Å²) < 4.78 is 0. The summed E-state index contributed by atoms with van der Waals surface area (Å²) >= 11 is 3.40. The molecule has 1 amide bonds. The van der Waals surface area contributed by atoms with E-state index in [0.717, 1.165) is 17.2 Å². The van der Waals surface area contributed by atoms with Crippen LogP contribution < -0.4 is 11.1 Å². The van der Waals surface area contributed by atoms with Gasteiger partial charge >= 0.3 is 0 Å². The second-order valence-electron chi connectivity index (χ2n) is 4.69. The fourth-order valence-corrected chi connectivity index (χ4v) is 4.28. The van der Waals surface area contributed by atoms with Crippen molar-refractivity contribution in [1.82, 2.24) is 10.3 Å². The molecule has 0 aliphatic heterocycles. The lowest BCUT2D eigenvalue weighted by molar-refractivity contribution is 0.0925.